The summed E-state index contributed by atoms with van der Waals surface area (Å²) in [7, 11) is 3.90. The zero-order valence-electron chi connectivity index (χ0n) is 25.6. The van der Waals surface area contributed by atoms with Gasteiger partial charge in [-0.3, -0.25) is 9.59 Å². The van der Waals surface area contributed by atoms with Crippen molar-refractivity contribution in [3.63, 3.8) is 0 Å². The number of fused-ring (bicyclic) bond motifs is 1. The van der Waals surface area contributed by atoms with Crippen LogP contribution in [0.1, 0.15) is 52.0 Å². The number of pyridine rings is 1. The second-order valence-electron chi connectivity index (χ2n) is 11.8. The van der Waals surface area contributed by atoms with E-state index >= 15 is 0 Å². The van der Waals surface area contributed by atoms with Crippen LogP contribution in [0.15, 0.2) is 79.3 Å². The number of carbonyl (C=O) groups is 2. The fourth-order valence-corrected chi connectivity index (χ4v) is 5.90. The van der Waals surface area contributed by atoms with Crippen LogP contribution in [0.25, 0.3) is 22.2 Å². The van der Waals surface area contributed by atoms with Gasteiger partial charge in [0.1, 0.15) is 28.4 Å². The summed E-state index contributed by atoms with van der Waals surface area (Å²) >= 11 is 0. The summed E-state index contributed by atoms with van der Waals surface area (Å²) in [5, 5.41) is 16.1. The molecule has 0 spiro atoms. The summed E-state index contributed by atoms with van der Waals surface area (Å²) in [6.07, 6.45) is 5.23. The topological polar surface area (TPSA) is 132 Å². The SMILES string of the molecule is CN(C)Cc1cc(O)ccc1-c1cccc(Oc2ncc(F)cc2C(=O)N[C@H]2CC[C@@H](NC(=O)c3cccc4[nH]cnc34)CC2)c1. The van der Waals surface area contributed by atoms with E-state index in [1.54, 1.807) is 30.6 Å². The van der Waals surface area contributed by atoms with Crippen molar-refractivity contribution in [1.82, 2.24) is 30.5 Å². The van der Waals surface area contributed by atoms with Gasteiger partial charge < -0.3 is 30.4 Å². The third kappa shape index (κ3) is 7.00. The van der Waals surface area contributed by atoms with Crippen molar-refractivity contribution in [1.29, 1.82) is 0 Å². The first-order valence-corrected chi connectivity index (χ1v) is 15.2. The van der Waals surface area contributed by atoms with E-state index in [1.165, 1.54) is 0 Å². The Morgan fingerprint density at radius 2 is 1.65 bits per heavy atom. The molecule has 6 rings (SSSR count). The van der Waals surface area contributed by atoms with Crippen LogP contribution in [0.2, 0.25) is 0 Å². The molecule has 4 N–H and O–H groups in total. The lowest BCUT2D eigenvalue weighted by Crippen LogP contribution is -2.44. The average molecular weight is 623 g/mol. The molecule has 1 aliphatic rings. The van der Waals surface area contributed by atoms with Gasteiger partial charge in [0, 0.05) is 18.6 Å². The molecule has 0 bridgehead atoms. The molecule has 11 heteroatoms. The Morgan fingerprint density at radius 1 is 0.935 bits per heavy atom. The molecule has 0 radical (unpaired) electrons. The van der Waals surface area contributed by atoms with E-state index in [4.69, 9.17) is 4.74 Å². The van der Waals surface area contributed by atoms with Crippen molar-refractivity contribution in [3.05, 3.63) is 102 Å². The van der Waals surface area contributed by atoms with Gasteiger partial charge in [0.15, 0.2) is 0 Å². The Kier molecular flexibility index (Phi) is 8.93. The lowest BCUT2D eigenvalue weighted by Gasteiger charge is -2.29. The lowest BCUT2D eigenvalue weighted by molar-refractivity contribution is 0.0890. The van der Waals surface area contributed by atoms with E-state index in [0.717, 1.165) is 34.5 Å². The molecule has 2 heterocycles. The Balaban J connectivity index is 1.11. The maximum absolute atomic E-state index is 14.3. The van der Waals surface area contributed by atoms with Crippen LogP contribution >= 0.6 is 0 Å². The van der Waals surface area contributed by atoms with Crippen molar-refractivity contribution < 1.29 is 23.8 Å². The lowest BCUT2D eigenvalue weighted by atomic mass is 9.90. The molecule has 0 aliphatic heterocycles. The average Bonchev–Trinajstić information content (AvgIpc) is 3.52. The van der Waals surface area contributed by atoms with Crippen LogP contribution in [0.3, 0.4) is 0 Å². The van der Waals surface area contributed by atoms with Gasteiger partial charge in [-0.05, 0) is 98.9 Å². The summed E-state index contributed by atoms with van der Waals surface area (Å²) in [6.45, 7) is 0.620. The standard InChI is InChI=1S/C35H35FN6O4/c1-42(2)19-22-15-26(43)13-14-28(22)21-5-3-6-27(16-21)46-35-30(17-23(36)18-37-35)34(45)41-25-11-9-24(10-12-25)40-33(44)29-7-4-8-31-32(29)39-20-38-31/h3-8,13-18,20,24-25,43H,9-12,19H2,1-2H3,(H,38,39)(H,40,44)(H,41,45)/t24-,25+. The van der Waals surface area contributed by atoms with E-state index in [0.29, 0.717) is 49.1 Å². The maximum Gasteiger partial charge on any atom is 0.257 e. The molecule has 1 saturated carbocycles. The van der Waals surface area contributed by atoms with Crippen molar-refractivity contribution in [2.24, 2.45) is 0 Å². The molecule has 2 amide bonds. The van der Waals surface area contributed by atoms with Crippen LogP contribution in [0.4, 0.5) is 4.39 Å². The predicted molar refractivity (Wildman–Crippen MR) is 172 cm³/mol. The number of hydrogen-bond donors (Lipinski definition) is 4. The fourth-order valence-electron chi connectivity index (χ4n) is 5.90. The first-order valence-electron chi connectivity index (χ1n) is 15.2. The second-order valence-corrected chi connectivity index (χ2v) is 11.8. The molecular formula is C35H35FN6O4. The number of aromatic nitrogens is 3. The molecule has 1 aliphatic carbocycles. The summed E-state index contributed by atoms with van der Waals surface area (Å²) in [5.74, 6) is -0.716. The number of hydrogen-bond acceptors (Lipinski definition) is 7. The van der Waals surface area contributed by atoms with Crippen LogP contribution in [-0.4, -0.2) is 63.0 Å². The van der Waals surface area contributed by atoms with E-state index < -0.39 is 11.7 Å². The number of nitrogens with one attached hydrogen (secondary N) is 3. The largest absolute Gasteiger partial charge is 0.508 e. The zero-order valence-corrected chi connectivity index (χ0v) is 25.6. The van der Waals surface area contributed by atoms with E-state index in [9.17, 15) is 19.1 Å². The highest BCUT2D eigenvalue weighted by Gasteiger charge is 2.26. The number of aromatic hydroxyl groups is 1. The summed E-state index contributed by atoms with van der Waals surface area (Å²) in [4.78, 5) is 39.7. The van der Waals surface area contributed by atoms with Gasteiger partial charge in [-0.2, -0.15) is 0 Å². The molecule has 1 fully saturated rings. The Morgan fingerprint density at radius 3 is 2.39 bits per heavy atom. The summed E-state index contributed by atoms with van der Waals surface area (Å²) < 4.78 is 20.4. The fraction of sp³-hybridized carbons (Fsp3) is 0.257. The number of ether oxygens (including phenoxy) is 1. The van der Waals surface area contributed by atoms with Gasteiger partial charge >= 0.3 is 0 Å². The molecule has 236 valence electrons. The monoisotopic (exact) mass is 622 g/mol. The number of halogens is 1. The quantitative estimate of drug-likeness (QED) is 0.164. The molecule has 2 aromatic heterocycles. The number of H-pyrrole nitrogens is 1. The molecule has 5 aromatic rings. The summed E-state index contributed by atoms with van der Waals surface area (Å²) in [5.41, 5.74) is 4.65. The van der Waals surface area contributed by atoms with Crippen molar-refractivity contribution >= 4 is 22.8 Å². The summed E-state index contributed by atoms with van der Waals surface area (Å²) in [6, 6.07) is 18.9. The second kappa shape index (κ2) is 13.4. The minimum absolute atomic E-state index is 0.00847. The first kappa shape index (κ1) is 30.7. The van der Waals surface area contributed by atoms with Gasteiger partial charge in [-0.15, -0.1) is 0 Å². The number of benzene rings is 3. The number of phenolic OH excluding ortho intramolecular Hbond substituents is 1. The molecule has 46 heavy (non-hydrogen) atoms. The predicted octanol–water partition coefficient (Wildman–Crippen LogP) is 5.79. The number of aromatic amines is 1. The number of phenols is 1. The molecule has 3 aromatic carbocycles. The third-order valence-corrected chi connectivity index (χ3v) is 8.09. The number of amides is 2. The highest BCUT2D eigenvalue weighted by atomic mass is 19.1. The Hall–Kier alpha value is -5.29. The van der Waals surface area contributed by atoms with Gasteiger partial charge in [-0.1, -0.05) is 24.3 Å². The van der Waals surface area contributed by atoms with Crippen LogP contribution < -0.4 is 15.4 Å². The minimum atomic E-state index is -0.651. The number of rotatable bonds is 9. The van der Waals surface area contributed by atoms with Crippen LogP contribution in [0, 0.1) is 5.82 Å². The molecule has 0 saturated heterocycles. The van der Waals surface area contributed by atoms with Crippen LogP contribution in [-0.2, 0) is 6.54 Å². The van der Waals surface area contributed by atoms with E-state index in [1.807, 2.05) is 55.4 Å². The number of nitrogens with zero attached hydrogens (tertiary/aromatic N) is 3. The molecular weight excluding hydrogens is 587 g/mol. The minimum Gasteiger partial charge on any atom is -0.508 e. The van der Waals surface area contributed by atoms with Crippen molar-refractivity contribution in [2.75, 3.05) is 14.1 Å². The smallest absolute Gasteiger partial charge is 0.257 e. The van der Waals surface area contributed by atoms with Gasteiger partial charge in [0.2, 0.25) is 5.88 Å². The van der Waals surface area contributed by atoms with Crippen molar-refractivity contribution in [2.45, 2.75) is 44.3 Å². The van der Waals surface area contributed by atoms with Crippen LogP contribution in [0.5, 0.6) is 17.4 Å². The Bertz CT molecular complexity index is 1880. The number of para-hydroxylation sites is 1. The molecule has 10 nitrogen and oxygen atoms in total. The number of imidazole rings is 1. The normalized spacial score (nSPS) is 16.3. The number of carbonyl (C=O) groups excluding carboxylic acids is 2. The van der Waals surface area contributed by atoms with E-state index in [2.05, 4.69) is 25.6 Å². The Labute approximate surface area is 265 Å². The highest BCUT2D eigenvalue weighted by Crippen LogP contribution is 2.32. The van der Waals surface area contributed by atoms with Gasteiger partial charge in [0.05, 0.1) is 23.6 Å². The zero-order chi connectivity index (χ0) is 32.2. The van der Waals surface area contributed by atoms with Gasteiger partial charge in [0.25, 0.3) is 11.8 Å². The first-order chi connectivity index (χ1) is 22.2. The molecule has 0 unspecified atom stereocenters. The third-order valence-electron chi connectivity index (χ3n) is 8.09. The van der Waals surface area contributed by atoms with Gasteiger partial charge in [-0.25, -0.2) is 14.4 Å². The molecule has 0 atom stereocenters. The highest BCUT2D eigenvalue weighted by molar-refractivity contribution is 6.04. The van der Waals surface area contributed by atoms with E-state index in [-0.39, 0.29) is 35.2 Å². The van der Waals surface area contributed by atoms with Crippen molar-refractivity contribution in [3.8, 4) is 28.5 Å². The maximum atomic E-state index is 14.3.